The van der Waals surface area contributed by atoms with Crippen LogP contribution < -0.4 is 0 Å². The predicted molar refractivity (Wildman–Crippen MR) is 100.0 cm³/mol. The van der Waals surface area contributed by atoms with Crippen LogP contribution in [0.1, 0.15) is 80.6 Å². The quantitative estimate of drug-likeness (QED) is 0.839. The summed E-state index contributed by atoms with van der Waals surface area (Å²) in [7, 11) is 0. The zero-order chi connectivity index (χ0) is 18.3. The van der Waals surface area contributed by atoms with Gasteiger partial charge in [0.15, 0.2) is 11.5 Å². The second-order valence-electron chi connectivity index (χ2n) is 7.33. The lowest BCUT2D eigenvalue weighted by Crippen LogP contribution is -2.38. The Balaban J connectivity index is 1.43. The second kappa shape index (κ2) is 6.95. The van der Waals surface area contributed by atoms with Crippen LogP contribution in [0.3, 0.4) is 0 Å². The molecule has 3 heterocycles. The fraction of sp³-hybridized carbons (Fsp3) is 0.579. The Morgan fingerprint density at radius 3 is 2.62 bits per heavy atom. The third-order valence-corrected chi connectivity index (χ3v) is 6.94. The fourth-order valence-corrected chi connectivity index (χ4v) is 5.19. The molecule has 1 amide bonds. The minimum Gasteiger partial charge on any atom is -0.337 e. The van der Waals surface area contributed by atoms with Crippen molar-refractivity contribution in [3.05, 3.63) is 32.5 Å². The molecule has 7 heteroatoms. The summed E-state index contributed by atoms with van der Waals surface area (Å²) < 4.78 is 0. The van der Waals surface area contributed by atoms with Gasteiger partial charge in [0.2, 0.25) is 0 Å². The van der Waals surface area contributed by atoms with E-state index in [9.17, 15) is 9.59 Å². The van der Waals surface area contributed by atoms with Gasteiger partial charge in [-0.1, -0.05) is 0 Å². The predicted octanol–water partition coefficient (Wildman–Crippen LogP) is 3.28. The van der Waals surface area contributed by atoms with Crippen molar-refractivity contribution in [3.63, 3.8) is 0 Å². The first-order valence-corrected chi connectivity index (χ1v) is 10.2. The molecule has 4 rings (SSSR count). The van der Waals surface area contributed by atoms with E-state index >= 15 is 0 Å². The molecule has 0 bridgehead atoms. The number of rotatable bonds is 3. The van der Waals surface area contributed by atoms with Gasteiger partial charge in [0.05, 0.1) is 15.6 Å². The Hall–Kier alpha value is -2.02. The van der Waals surface area contributed by atoms with Crippen molar-refractivity contribution in [3.8, 4) is 0 Å². The molecule has 0 saturated carbocycles. The number of nitrogens with zero attached hydrogens (tertiary/aromatic N) is 3. The molecule has 1 aliphatic heterocycles. The first kappa shape index (κ1) is 17.4. The molecule has 0 spiro atoms. The van der Waals surface area contributed by atoms with Crippen molar-refractivity contribution < 1.29 is 9.59 Å². The minimum atomic E-state index is 0.0580. The summed E-state index contributed by atoms with van der Waals surface area (Å²) in [6.45, 7) is 4.94. The molecule has 6 nitrogen and oxygen atoms in total. The molecule has 0 aromatic carbocycles. The maximum absolute atomic E-state index is 12.9. The average molecular weight is 372 g/mol. The highest BCUT2D eigenvalue weighted by Gasteiger charge is 2.30. The fourth-order valence-electron chi connectivity index (χ4n) is 4.06. The maximum atomic E-state index is 12.9. The third-order valence-electron chi connectivity index (χ3n) is 5.52. The van der Waals surface area contributed by atoms with Gasteiger partial charge in [-0.2, -0.15) is 5.10 Å². The van der Waals surface area contributed by atoms with Crippen LogP contribution in [0.25, 0.3) is 0 Å². The van der Waals surface area contributed by atoms with E-state index < -0.39 is 0 Å². The maximum Gasteiger partial charge on any atom is 0.274 e. The van der Waals surface area contributed by atoms with E-state index in [-0.39, 0.29) is 11.7 Å². The Bertz CT molecular complexity index is 846. The van der Waals surface area contributed by atoms with Crippen LogP contribution in [0.4, 0.5) is 0 Å². The number of Topliss-reactive ketones (excluding diaryl/α,β-unsaturated/α-hetero) is 1. The number of H-pyrrole nitrogens is 1. The van der Waals surface area contributed by atoms with Gasteiger partial charge in [-0.15, -0.1) is 11.3 Å². The van der Waals surface area contributed by atoms with Crippen LogP contribution in [0.5, 0.6) is 0 Å². The standard InChI is InChI=1S/C19H24N4O2S/c1-11-17(12(2)24)26-18(20-11)13-7-9-23(10-8-13)19(25)16-14-5-3-4-6-15(14)21-22-16/h13H,3-10H2,1-2H3,(H,21,22). The highest BCUT2D eigenvalue weighted by molar-refractivity contribution is 7.13. The van der Waals surface area contributed by atoms with Gasteiger partial charge in [0.25, 0.3) is 5.91 Å². The van der Waals surface area contributed by atoms with Crippen LogP contribution in [0.15, 0.2) is 0 Å². The number of likely N-dealkylation sites (tertiary alicyclic amines) is 1. The van der Waals surface area contributed by atoms with Crippen LogP contribution in [0.2, 0.25) is 0 Å². The first-order chi connectivity index (χ1) is 12.5. The van der Waals surface area contributed by atoms with Gasteiger partial charge in [-0.3, -0.25) is 14.7 Å². The molecule has 1 fully saturated rings. The molecule has 138 valence electrons. The monoisotopic (exact) mass is 372 g/mol. The van der Waals surface area contributed by atoms with Crippen molar-refractivity contribution in [2.75, 3.05) is 13.1 Å². The van der Waals surface area contributed by atoms with Crippen molar-refractivity contribution >= 4 is 23.0 Å². The highest BCUT2D eigenvalue weighted by Crippen LogP contribution is 2.33. The number of thiazole rings is 1. The summed E-state index contributed by atoms with van der Waals surface area (Å²) in [5.74, 6) is 0.480. The van der Waals surface area contributed by atoms with E-state index in [1.807, 2.05) is 11.8 Å². The molecular weight excluding hydrogens is 348 g/mol. The van der Waals surface area contributed by atoms with E-state index in [1.165, 1.54) is 17.8 Å². The molecule has 0 unspecified atom stereocenters. The van der Waals surface area contributed by atoms with Gasteiger partial charge < -0.3 is 4.90 Å². The van der Waals surface area contributed by atoms with Crippen molar-refractivity contribution in [1.82, 2.24) is 20.1 Å². The average Bonchev–Trinajstić information content (AvgIpc) is 3.25. The molecule has 1 aliphatic carbocycles. The summed E-state index contributed by atoms with van der Waals surface area (Å²) in [6.07, 6.45) is 6.04. The van der Waals surface area contributed by atoms with Crippen LogP contribution in [-0.2, 0) is 12.8 Å². The molecule has 1 N–H and O–H groups in total. The molecule has 1 saturated heterocycles. The molecule has 2 aromatic heterocycles. The molecule has 2 aromatic rings. The highest BCUT2D eigenvalue weighted by atomic mass is 32.1. The first-order valence-electron chi connectivity index (χ1n) is 9.38. The Kier molecular flexibility index (Phi) is 4.65. The van der Waals surface area contributed by atoms with E-state index in [2.05, 4.69) is 15.2 Å². The smallest absolute Gasteiger partial charge is 0.274 e. The molecule has 0 atom stereocenters. The van der Waals surface area contributed by atoms with Crippen LogP contribution in [-0.4, -0.2) is 44.9 Å². The largest absolute Gasteiger partial charge is 0.337 e. The number of carbonyl (C=O) groups excluding carboxylic acids is 2. The summed E-state index contributed by atoms with van der Waals surface area (Å²) in [5.41, 5.74) is 3.73. The zero-order valence-corrected chi connectivity index (χ0v) is 16.1. The van der Waals surface area contributed by atoms with Gasteiger partial charge in [-0.05, 0) is 45.4 Å². The van der Waals surface area contributed by atoms with Crippen molar-refractivity contribution in [1.29, 1.82) is 0 Å². The number of aromatic amines is 1. The lowest BCUT2D eigenvalue weighted by atomic mass is 9.94. The van der Waals surface area contributed by atoms with E-state index in [4.69, 9.17) is 0 Å². The number of hydrogen-bond acceptors (Lipinski definition) is 5. The van der Waals surface area contributed by atoms with Gasteiger partial charge in [0, 0.05) is 37.2 Å². The van der Waals surface area contributed by atoms with Crippen molar-refractivity contribution in [2.45, 2.75) is 58.3 Å². The number of fused-ring (bicyclic) bond motifs is 1. The number of amides is 1. The minimum absolute atomic E-state index is 0.0580. The lowest BCUT2D eigenvalue weighted by Gasteiger charge is -2.31. The Morgan fingerprint density at radius 2 is 1.92 bits per heavy atom. The van der Waals surface area contributed by atoms with E-state index in [1.54, 1.807) is 6.92 Å². The lowest BCUT2D eigenvalue weighted by molar-refractivity contribution is 0.0705. The number of aryl methyl sites for hydroxylation is 2. The number of piperidine rings is 1. The van der Waals surface area contributed by atoms with Gasteiger partial charge in [-0.25, -0.2) is 4.98 Å². The van der Waals surface area contributed by atoms with E-state index in [0.717, 1.165) is 72.0 Å². The SMILES string of the molecule is CC(=O)c1sc(C2CCN(C(=O)c3n[nH]c4c3CCCC4)CC2)nc1C. The molecular formula is C19H24N4O2S. The van der Waals surface area contributed by atoms with Crippen LogP contribution >= 0.6 is 11.3 Å². The molecule has 0 radical (unpaired) electrons. The molecule has 2 aliphatic rings. The summed E-state index contributed by atoms with van der Waals surface area (Å²) >= 11 is 1.52. The zero-order valence-electron chi connectivity index (χ0n) is 15.3. The second-order valence-corrected chi connectivity index (χ2v) is 8.36. The Labute approximate surface area is 157 Å². The van der Waals surface area contributed by atoms with Gasteiger partial charge in [0.1, 0.15) is 0 Å². The third kappa shape index (κ3) is 3.09. The normalized spacial score (nSPS) is 18.0. The summed E-state index contributed by atoms with van der Waals surface area (Å²) in [6, 6.07) is 0. The summed E-state index contributed by atoms with van der Waals surface area (Å²) in [4.78, 5) is 31.9. The van der Waals surface area contributed by atoms with E-state index in [0.29, 0.717) is 11.6 Å². The Morgan fingerprint density at radius 1 is 1.19 bits per heavy atom. The number of nitrogens with one attached hydrogen (secondary N) is 1. The van der Waals surface area contributed by atoms with Crippen molar-refractivity contribution in [2.24, 2.45) is 0 Å². The topological polar surface area (TPSA) is 79.0 Å². The number of carbonyl (C=O) groups is 2. The van der Waals surface area contributed by atoms with Gasteiger partial charge >= 0.3 is 0 Å². The summed E-state index contributed by atoms with van der Waals surface area (Å²) in [5, 5.41) is 8.42. The van der Waals surface area contributed by atoms with Crippen LogP contribution in [0, 0.1) is 6.92 Å². The number of hydrogen-bond donors (Lipinski definition) is 1. The number of aromatic nitrogens is 3. The molecule has 26 heavy (non-hydrogen) atoms. The number of ketones is 1.